The summed E-state index contributed by atoms with van der Waals surface area (Å²) in [5.74, 6) is 0.765. The van der Waals surface area contributed by atoms with Crippen molar-refractivity contribution in [1.82, 2.24) is 10.6 Å². The van der Waals surface area contributed by atoms with Gasteiger partial charge in [-0.1, -0.05) is 22.9 Å². The van der Waals surface area contributed by atoms with Crippen LogP contribution in [0.4, 0.5) is 4.79 Å². The van der Waals surface area contributed by atoms with Gasteiger partial charge in [0.1, 0.15) is 12.4 Å². The number of amides is 2. The highest BCUT2D eigenvalue weighted by Crippen LogP contribution is 2.15. The summed E-state index contributed by atoms with van der Waals surface area (Å²) in [4.78, 5) is 11.4. The molecule has 0 saturated carbocycles. The molecule has 0 aromatic heterocycles. The highest BCUT2D eigenvalue weighted by molar-refractivity contribution is 9.10. The van der Waals surface area contributed by atoms with Gasteiger partial charge in [-0.25, -0.2) is 4.79 Å². The number of nitrogens with one attached hydrogen (secondary N) is 2. The maximum atomic E-state index is 11.4. The predicted octanol–water partition coefficient (Wildman–Crippen LogP) is 2.29. The van der Waals surface area contributed by atoms with Crippen LogP contribution in [-0.2, 0) is 0 Å². The van der Waals surface area contributed by atoms with Crippen LogP contribution in [0.1, 0.15) is 19.8 Å². The number of rotatable bonds is 8. The number of ether oxygens (including phenoxy) is 1. The van der Waals surface area contributed by atoms with Crippen molar-refractivity contribution < 1.29 is 14.6 Å². The van der Waals surface area contributed by atoms with Gasteiger partial charge in [-0.2, -0.15) is 0 Å². The zero-order valence-corrected chi connectivity index (χ0v) is 13.1. The van der Waals surface area contributed by atoms with Crippen LogP contribution in [0.25, 0.3) is 0 Å². The van der Waals surface area contributed by atoms with E-state index in [9.17, 15) is 9.90 Å². The average Bonchev–Trinajstić information content (AvgIpc) is 2.45. The number of benzene rings is 1. The maximum Gasteiger partial charge on any atom is 0.314 e. The Kier molecular flexibility index (Phi) is 8.06. The molecule has 0 aliphatic rings. The minimum Gasteiger partial charge on any atom is -0.492 e. The molecule has 3 N–H and O–H groups in total. The van der Waals surface area contributed by atoms with Crippen LogP contribution in [-0.4, -0.2) is 36.9 Å². The number of aliphatic hydroxyl groups excluding tert-OH is 1. The topological polar surface area (TPSA) is 70.6 Å². The highest BCUT2D eigenvalue weighted by atomic mass is 79.9. The van der Waals surface area contributed by atoms with Gasteiger partial charge in [0.25, 0.3) is 0 Å². The normalized spacial score (nSPS) is 11.8. The number of hydrogen-bond acceptors (Lipinski definition) is 3. The quantitative estimate of drug-likeness (QED) is 0.633. The highest BCUT2D eigenvalue weighted by Gasteiger charge is 2.03. The first-order valence-electron chi connectivity index (χ1n) is 6.70. The second kappa shape index (κ2) is 9.61. The van der Waals surface area contributed by atoms with Crippen LogP contribution in [0.5, 0.6) is 5.75 Å². The molecule has 6 heteroatoms. The molecule has 0 spiro atoms. The van der Waals surface area contributed by atoms with E-state index in [4.69, 9.17) is 4.74 Å². The zero-order chi connectivity index (χ0) is 14.8. The van der Waals surface area contributed by atoms with Crippen molar-refractivity contribution in [2.75, 3.05) is 19.7 Å². The van der Waals surface area contributed by atoms with Crippen molar-refractivity contribution in [2.24, 2.45) is 0 Å². The Morgan fingerprint density at radius 1 is 1.30 bits per heavy atom. The van der Waals surface area contributed by atoms with Gasteiger partial charge in [-0.3, -0.25) is 0 Å². The largest absolute Gasteiger partial charge is 0.492 e. The van der Waals surface area contributed by atoms with Crippen molar-refractivity contribution in [3.8, 4) is 5.75 Å². The summed E-state index contributed by atoms with van der Waals surface area (Å²) in [7, 11) is 0. The smallest absolute Gasteiger partial charge is 0.314 e. The molecule has 0 radical (unpaired) electrons. The van der Waals surface area contributed by atoms with Crippen molar-refractivity contribution >= 4 is 22.0 Å². The molecule has 0 aliphatic heterocycles. The fraction of sp³-hybridized carbons (Fsp3) is 0.500. The third-order valence-corrected chi connectivity index (χ3v) is 3.23. The maximum absolute atomic E-state index is 11.4. The molecule has 0 aliphatic carbocycles. The Labute approximate surface area is 127 Å². The molecule has 5 nitrogen and oxygen atoms in total. The molecule has 1 atom stereocenters. The van der Waals surface area contributed by atoms with E-state index < -0.39 is 0 Å². The fourth-order valence-electron chi connectivity index (χ4n) is 1.48. The molecule has 0 heterocycles. The van der Waals surface area contributed by atoms with Crippen LogP contribution in [0, 0.1) is 0 Å². The molecule has 1 aromatic rings. The SMILES string of the molecule is CCC(O)CCNC(=O)NCCOc1ccc(Br)cc1. The van der Waals surface area contributed by atoms with Crippen molar-refractivity contribution in [1.29, 1.82) is 0 Å². The van der Waals surface area contributed by atoms with Crippen LogP contribution in [0.2, 0.25) is 0 Å². The number of urea groups is 1. The van der Waals surface area contributed by atoms with E-state index in [2.05, 4.69) is 26.6 Å². The monoisotopic (exact) mass is 344 g/mol. The Balaban J connectivity index is 2.05. The van der Waals surface area contributed by atoms with Gasteiger partial charge in [-0.15, -0.1) is 0 Å². The molecule has 112 valence electrons. The summed E-state index contributed by atoms with van der Waals surface area (Å²) in [5.41, 5.74) is 0. The van der Waals surface area contributed by atoms with Crippen LogP contribution in [0.3, 0.4) is 0 Å². The molecule has 1 unspecified atom stereocenters. The molecular weight excluding hydrogens is 324 g/mol. The first-order valence-corrected chi connectivity index (χ1v) is 7.49. The van der Waals surface area contributed by atoms with Crippen molar-refractivity contribution in [2.45, 2.75) is 25.9 Å². The van der Waals surface area contributed by atoms with E-state index in [1.807, 2.05) is 31.2 Å². The molecule has 1 aromatic carbocycles. The Hall–Kier alpha value is -1.27. The number of aliphatic hydroxyl groups is 1. The number of halogens is 1. The number of carbonyl (C=O) groups excluding carboxylic acids is 1. The summed E-state index contributed by atoms with van der Waals surface area (Å²) >= 11 is 3.35. The molecule has 1 rings (SSSR count). The summed E-state index contributed by atoms with van der Waals surface area (Å²) in [6.45, 7) is 3.21. The van der Waals surface area contributed by atoms with Gasteiger partial charge in [0.15, 0.2) is 0 Å². The lowest BCUT2D eigenvalue weighted by Crippen LogP contribution is -2.38. The molecule has 0 saturated heterocycles. The minimum absolute atomic E-state index is 0.243. The van der Waals surface area contributed by atoms with Gasteiger partial charge >= 0.3 is 6.03 Å². The van der Waals surface area contributed by atoms with Crippen LogP contribution in [0.15, 0.2) is 28.7 Å². The van der Waals surface area contributed by atoms with Crippen molar-refractivity contribution in [3.05, 3.63) is 28.7 Å². The molecular formula is C14H21BrN2O3. The van der Waals surface area contributed by atoms with E-state index >= 15 is 0 Å². The van der Waals surface area contributed by atoms with Crippen molar-refractivity contribution in [3.63, 3.8) is 0 Å². The average molecular weight is 345 g/mol. The van der Waals surface area contributed by atoms with Crippen LogP contribution >= 0.6 is 15.9 Å². The number of carbonyl (C=O) groups is 1. The number of hydrogen-bond donors (Lipinski definition) is 3. The van der Waals surface area contributed by atoms with E-state index in [1.54, 1.807) is 0 Å². The lowest BCUT2D eigenvalue weighted by atomic mass is 10.2. The van der Waals surface area contributed by atoms with E-state index in [0.717, 1.165) is 10.2 Å². The predicted molar refractivity (Wildman–Crippen MR) is 82.0 cm³/mol. The van der Waals surface area contributed by atoms with Gasteiger partial charge in [0.05, 0.1) is 12.6 Å². The van der Waals surface area contributed by atoms with E-state index in [0.29, 0.717) is 32.5 Å². The first kappa shape index (κ1) is 16.8. The molecule has 2 amide bonds. The van der Waals surface area contributed by atoms with Gasteiger partial charge in [0, 0.05) is 11.0 Å². The Bertz CT molecular complexity index is 398. The standard InChI is InChI=1S/C14H21BrN2O3/c1-2-12(18)7-8-16-14(19)17-9-10-20-13-5-3-11(15)4-6-13/h3-6,12,18H,2,7-10H2,1H3,(H2,16,17,19). The minimum atomic E-state index is -0.351. The zero-order valence-electron chi connectivity index (χ0n) is 11.6. The first-order chi connectivity index (χ1) is 9.61. The Morgan fingerprint density at radius 3 is 2.60 bits per heavy atom. The van der Waals surface area contributed by atoms with Gasteiger partial charge in [0.2, 0.25) is 0 Å². The van der Waals surface area contributed by atoms with E-state index in [1.165, 1.54) is 0 Å². The third-order valence-electron chi connectivity index (χ3n) is 2.70. The summed E-state index contributed by atoms with van der Waals surface area (Å²) in [6.07, 6.45) is 0.917. The lowest BCUT2D eigenvalue weighted by Gasteiger charge is -2.10. The molecule has 20 heavy (non-hydrogen) atoms. The molecule has 0 bridgehead atoms. The lowest BCUT2D eigenvalue weighted by molar-refractivity contribution is 0.160. The summed E-state index contributed by atoms with van der Waals surface area (Å²) in [5, 5.41) is 14.7. The fourth-order valence-corrected chi connectivity index (χ4v) is 1.75. The van der Waals surface area contributed by atoms with Crippen LogP contribution < -0.4 is 15.4 Å². The van der Waals surface area contributed by atoms with E-state index in [-0.39, 0.29) is 12.1 Å². The Morgan fingerprint density at radius 2 is 1.95 bits per heavy atom. The van der Waals surface area contributed by atoms with Gasteiger partial charge < -0.3 is 20.5 Å². The third kappa shape index (κ3) is 7.35. The molecule has 0 fully saturated rings. The second-order valence-corrected chi connectivity index (χ2v) is 5.25. The second-order valence-electron chi connectivity index (χ2n) is 4.34. The summed E-state index contributed by atoms with van der Waals surface area (Å²) < 4.78 is 6.47. The summed E-state index contributed by atoms with van der Waals surface area (Å²) in [6, 6.07) is 7.27. The van der Waals surface area contributed by atoms with Gasteiger partial charge in [-0.05, 0) is 37.1 Å².